The number of hydrogen-bond donors (Lipinski definition) is 1. The molecule has 1 fully saturated rings. The zero-order chi connectivity index (χ0) is 13.8. The van der Waals surface area contributed by atoms with Gasteiger partial charge in [-0.1, -0.05) is 26.8 Å². The molecule has 3 atom stereocenters. The lowest BCUT2D eigenvalue weighted by molar-refractivity contribution is 0.177. The summed E-state index contributed by atoms with van der Waals surface area (Å²) in [5.74, 6) is 2.46. The molecule has 3 unspecified atom stereocenters. The molecule has 1 N–H and O–H groups in total. The molecule has 0 aromatic carbocycles. The molecule has 2 rings (SSSR count). The Bertz CT molecular complexity index is 375. The largest absolute Gasteiger partial charge is 0.310 e. The summed E-state index contributed by atoms with van der Waals surface area (Å²) in [7, 11) is 0. The van der Waals surface area contributed by atoms with Crippen LogP contribution in [-0.2, 0) is 0 Å². The van der Waals surface area contributed by atoms with E-state index in [0.717, 1.165) is 30.0 Å². The van der Waals surface area contributed by atoms with Crippen LogP contribution in [0.1, 0.15) is 57.3 Å². The molecule has 106 valence electrons. The number of nitrogens with zero attached hydrogens (tertiary/aromatic N) is 1. The summed E-state index contributed by atoms with van der Waals surface area (Å²) in [5.41, 5.74) is 2.46. The molecule has 0 spiro atoms. The van der Waals surface area contributed by atoms with Crippen LogP contribution in [0.3, 0.4) is 0 Å². The molecule has 0 bridgehead atoms. The lowest BCUT2D eigenvalue weighted by atomic mass is 9.72. The predicted molar refractivity (Wildman–Crippen MR) is 81.1 cm³/mol. The van der Waals surface area contributed by atoms with Gasteiger partial charge in [-0.2, -0.15) is 0 Å². The lowest BCUT2D eigenvalue weighted by Crippen LogP contribution is -2.33. The van der Waals surface area contributed by atoms with E-state index < -0.39 is 0 Å². The topological polar surface area (TPSA) is 24.9 Å². The zero-order valence-corrected chi connectivity index (χ0v) is 12.8. The molecule has 0 radical (unpaired) electrons. The van der Waals surface area contributed by atoms with Crippen molar-refractivity contribution in [3.05, 3.63) is 29.6 Å². The van der Waals surface area contributed by atoms with Gasteiger partial charge in [-0.05, 0) is 62.1 Å². The lowest BCUT2D eigenvalue weighted by Gasteiger charge is -2.37. The van der Waals surface area contributed by atoms with Crippen molar-refractivity contribution < 1.29 is 0 Å². The van der Waals surface area contributed by atoms with Crippen LogP contribution < -0.4 is 5.32 Å². The van der Waals surface area contributed by atoms with Crippen molar-refractivity contribution >= 4 is 0 Å². The van der Waals surface area contributed by atoms with Crippen LogP contribution in [0.25, 0.3) is 0 Å². The second kappa shape index (κ2) is 6.51. The van der Waals surface area contributed by atoms with Crippen LogP contribution in [0.2, 0.25) is 0 Å². The Kier molecular flexibility index (Phi) is 4.98. The molecular formula is C17H28N2. The summed E-state index contributed by atoms with van der Waals surface area (Å²) in [6.45, 7) is 10.1. The molecule has 1 heterocycles. The van der Waals surface area contributed by atoms with Gasteiger partial charge in [0.05, 0.1) is 0 Å². The van der Waals surface area contributed by atoms with Crippen LogP contribution in [0.15, 0.2) is 18.3 Å². The second-order valence-corrected chi connectivity index (χ2v) is 6.45. The van der Waals surface area contributed by atoms with Crippen LogP contribution in [0.4, 0.5) is 0 Å². The van der Waals surface area contributed by atoms with Gasteiger partial charge in [-0.3, -0.25) is 4.98 Å². The molecule has 1 saturated carbocycles. The van der Waals surface area contributed by atoms with Gasteiger partial charge in [-0.25, -0.2) is 0 Å². The number of nitrogens with one attached hydrogen (secondary N) is 1. The SMILES string of the molecule is CCNC(c1ccc(C)nc1)C1CC(C)CC(C)C1. The van der Waals surface area contributed by atoms with Crippen LogP contribution in [0.5, 0.6) is 0 Å². The predicted octanol–water partition coefficient (Wildman–Crippen LogP) is 4.11. The minimum atomic E-state index is 0.475. The maximum atomic E-state index is 4.48. The van der Waals surface area contributed by atoms with Crippen molar-refractivity contribution in [3.8, 4) is 0 Å². The first-order valence-corrected chi connectivity index (χ1v) is 7.76. The standard InChI is InChI=1S/C17H28N2/c1-5-18-17(15-7-6-14(4)19-11-15)16-9-12(2)8-13(3)10-16/h6-7,11-13,16-18H,5,8-10H2,1-4H3. The first kappa shape index (κ1) is 14.5. The summed E-state index contributed by atoms with van der Waals surface area (Å²) >= 11 is 0. The highest BCUT2D eigenvalue weighted by molar-refractivity contribution is 5.18. The molecule has 19 heavy (non-hydrogen) atoms. The molecule has 1 aliphatic carbocycles. The zero-order valence-electron chi connectivity index (χ0n) is 12.8. The Morgan fingerprint density at radius 1 is 1.21 bits per heavy atom. The summed E-state index contributed by atoms with van der Waals surface area (Å²) in [6.07, 6.45) is 6.14. The normalized spacial score (nSPS) is 29.2. The molecule has 0 aliphatic heterocycles. The highest BCUT2D eigenvalue weighted by Gasteiger charge is 2.30. The molecule has 1 aromatic rings. The first-order valence-electron chi connectivity index (χ1n) is 7.76. The number of aromatic nitrogens is 1. The Morgan fingerprint density at radius 2 is 1.89 bits per heavy atom. The van der Waals surface area contributed by atoms with Gasteiger partial charge in [0, 0.05) is 17.9 Å². The molecule has 2 heteroatoms. The highest BCUT2D eigenvalue weighted by Crippen LogP contribution is 2.39. The van der Waals surface area contributed by atoms with Gasteiger partial charge in [0.25, 0.3) is 0 Å². The number of rotatable bonds is 4. The molecular weight excluding hydrogens is 232 g/mol. The number of pyridine rings is 1. The van der Waals surface area contributed by atoms with Crippen LogP contribution >= 0.6 is 0 Å². The van der Waals surface area contributed by atoms with Gasteiger partial charge in [0.2, 0.25) is 0 Å². The van der Waals surface area contributed by atoms with E-state index in [1.807, 2.05) is 0 Å². The molecule has 2 nitrogen and oxygen atoms in total. The van der Waals surface area contributed by atoms with Crippen LogP contribution in [0, 0.1) is 24.7 Å². The van der Waals surface area contributed by atoms with Crippen molar-refractivity contribution in [1.82, 2.24) is 10.3 Å². The van der Waals surface area contributed by atoms with E-state index in [-0.39, 0.29) is 0 Å². The average Bonchev–Trinajstić information content (AvgIpc) is 2.36. The summed E-state index contributed by atoms with van der Waals surface area (Å²) in [4.78, 5) is 4.48. The quantitative estimate of drug-likeness (QED) is 0.881. The van der Waals surface area contributed by atoms with Gasteiger partial charge in [-0.15, -0.1) is 0 Å². The minimum absolute atomic E-state index is 0.475. The van der Waals surface area contributed by atoms with E-state index in [4.69, 9.17) is 0 Å². The van der Waals surface area contributed by atoms with Crippen molar-refractivity contribution in [2.24, 2.45) is 17.8 Å². The fraction of sp³-hybridized carbons (Fsp3) is 0.706. The van der Waals surface area contributed by atoms with Gasteiger partial charge < -0.3 is 5.32 Å². The number of hydrogen-bond acceptors (Lipinski definition) is 2. The smallest absolute Gasteiger partial charge is 0.0372 e. The Hall–Kier alpha value is -0.890. The van der Waals surface area contributed by atoms with Crippen molar-refractivity contribution in [3.63, 3.8) is 0 Å². The third-order valence-electron chi connectivity index (χ3n) is 4.40. The number of aryl methyl sites for hydroxylation is 1. The summed E-state index contributed by atoms with van der Waals surface area (Å²) in [6, 6.07) is 4.86. The van der Waals surface area contributed by atoms with E-state index in [0.29, 0.717) is 6.04 Å². The van der Waals surface area contributed by atoms with Gasteiger partial charge in [0.1, 0.15) is 0 Å². The molecule has 1 aliphatic rings. The van der Waals surface area contributed by atoms with Crippen LogP contribution in [-0.4, -0.2) is 11.5 Å². The fourth-order valence-corrected chi connectivity index (χ4v) is 3.72. The van der Waals surface area contributed by atoms with Gasteiger partial charge in [0.15, 0.2) is 0 Å². The Labute approximate surface area is 118 Å². The first-order chi connectivity index (χ1) is 9.10. The van der Waals surface area contributed by atoms with E-state index in [9.17, 15) is 0 Å². The maximum absolute atomic E-state index is 4.48. The summed E-state index contributed by atoms with van der Waals surface area (Å²) < 4.78 is 0. The van der Waals surface area contributed by atoms with E-state index >= 15 is 0 Å². The maximum Gasteiger partial charge on any atom is 0.0372 e. The molecule has 0 amide bonds. The van der Waals surface area contributed by atoms with E-state index in [1.54, 1.807) is 0 Å². The van der Waals surface area contributed by atoms with Crippen molar-refractivity contribution in [2.45, 2.75) is 53.0 Å². The third-order valence-corrected chi connectivity index (χ3v) is 4.40. The monoisotopic (exact) mass is 260 g/mol. The van der Waals surface area contributed by atoms with Crippen molar-refractivity contribution in [1.29, 1.82) is 0 Å². The summed E-state index contributed by atoms with van der Waals surface area (Å²) in [5, 5.41) is 3.69. The third kappa shape index (κ3) is 3.79. The Balaban J connectivity index is 2.16. The van der Waals surface area contributed by atoms with E-state index in [1.165, 1.54) is 24.8 Å². The Morgan fingerprint density at radius 3 is 2.42 bits per heavy atom. The van der Waals surface area contributed by atoms with E-state index in [2.05, 4.69) is 56.3 Å². The fourth-order valence-electron chi connectivity index (χ4n) is 3.72. The minimum Gasteiger partial charge on any atom is -0.310 e. The van der Waals surface area contributed by atoms with Gasteiger partial charge >= 0.3 is 0 Å². The molecule has 0 saturated heterocycles. The highest BCUT2D eigenvalue weighted by atomic mass is 14.9. The average molecular weight is 260 g/mol. The second-order valence-electron chi connectivity index (χ2n) is 6.45. The molecule has 1 aromatic heterocycles. The van der Waals surface area contributed by atoms with Crippen molar-refractivity contribution in [2.75, 3.05) is 6.54 Å².